The van der Waals surface area contributed by atoms with E-state index in [1.807, 2.05) is 44.4 Å². The lowest BCUT2D eigenvalue weighted by molar-refractivity contribution is -0.874. The molecule has 0 spiro atoms. The second kappa shape index (κ2) is 8.61. The molecule has 0 radical (unpaired) electrons. The summed E-state index contributed by atoms with van der Waals surface area (Å²) in [6.07, 6.45) is 0. The summed E-state index contributed by atoms with van der Waals surface area (Å²) in [7, 11) is 4.10. The number of hydrogen-bond acceptors (Lipinski definition) is 2. The van der Waals surface area contributed by atoms with E-state index >= 15 is 0 Å². The van der Waals surface area contributed by atoms with Gasteiger partial charge in [0.15, 0.2) is 0 Å². The Hall–Kier alpha value is -1.63. The lowest BCUT2D eigenvalue weighted by Gasteiger charge is -2.26. The number of quaternary nitrogens is 1. The highest BCUT2D eigenvalue weighted by atomic mass is 16.1. The first-order chi connectivity index (χ1) is 9.98. The number of hydrogen-bond donors (Lipinski definition) is 0. The molecule has 3 heteroatoms. The van der Waals surface area contributed by atoms with Crippen LogP contribution >= 0.6 is 0 Å². The highest BCUT2D eigenvalue weighted by Crippen LogP contribution is 2.04. The lowest BCUT2D eigenvalue weighted by Crippen LogP contribution is -2.44. The first kappa shape index (κ1) is 17.4. The number of rotatable bonds is 7. The van der Waals surface area contributed by atoms with Crippen molar-refractivity contribution >= 4 is 5.78 Å². The van der Waals surface area contributed by atoms with Crippen LogP contribution in [0, 0.1) is 11.8 Å². The van der Waals surface area contributed by atoms with Gasteiger partial charge in [-0.15, -0.1) is 0 Å². The van der Waals surface area contributed by atoms with Gasteiger partial charge < -0.3 is 4.48 Å². The molecule has 3 nitrogen and oxygen atoms in total. The molecule has 114 valence electrons. The summed E-state index contributed by atoms with van der Waals surface area (Å²) in [5.74, 6) is 6.59. The van der Waals surface area contributed by atoms with Gasteiger partial charge in [-0.1, -0.05) is 50.1 Å². The topological polar surface area (TPSA) is 20.3 Å². The fraction of sp³-hybridized carbons (Fsp3) is 0.500. The van der Waals surface area contributed by atoms with Gasteiger partial charge in [-0.05, 0) is 19.0 Å². The van der Waals surface area contributed by atoms with Gasteiger partial charge >= 0.3 is 0 Å². The Bertz CT molecular complexity index is 493. The molecule has 0 heterocycles. The maximum absolute atomic E-state index is 12.2. The van der Waals surface area contributed by atoms with E-state index in [0.29, 0.717) is 17.6 Å². The quantitative estimate of drug-likeness (QED) is 0.436. The Morgan fingerprint density at radius 3 is 2.29 bits per heavy atom. The molecule has 1 aromatic carbocycles. The third-order valence-electron chi connectivity index (χ3n) is 3.50. The highest BCUT2D eigenvalue weighted by molar-refractivity contribution is 5.96. The van der Waals surface area contributed by atoms with Gasteiger partial charge in [0.2, 0.25) is 5.78 Å². The Kier molecular flexibility index (Phi) is 7.14. The Balaban J connectivity index is 2.50. The highest BCUT2D eigenvalue weighted by Gasteiger charge is 2.19. The van der Waals surface area contributed by atoms with Gasteiger partial charge in [0, 0.05) is 5.56 Å². The van der Waals surface area contributed by atoms with Gasteiger partial charge in [0.1, 0.15) is 13.1 Å². The number of carbonyl (C=O) groups is 1. The summed E-state index contributed by atoms with van der Waals surface area (Å²) in [4.78, 5) is 14.5. The Labute approximate surface area is 129 Å². The van der Waals surface area contributed by atoms with E-state index in [9.17, 15) is 4.79 Å². The number of nitrogens with zero attached hydrogens (tertiary/aromatic N) is 2. The van der Waals surface area contributed by atoms with Crippen molar-refractivity contribution in [2.75, 3.05) is 46.8 Å². The van der Waals surface area contributed by atoms with E-state index in [4.69, 9.17) is 0 Å². The minimum absolute atomic E-state index is 0.172. The SMILES string of the molecule is CCN(CC)CC#CC[N+](C)(C)CC(=O)c1ccccc1. The molecule has 21 heavy (non-hydrogen) atoms. The molecular formula is C18H27N2O+. The van der Waals surface area contributed by atoms with Crippen molar-refractivity contribution in [3.63, 3.8) is 0 Å². The van der Waals surface area contributed by atoms with Gasteiger partial charge in [-0.25, -0.2) is 0 Å². The van der Waals surface area contributed by atoms with Crippen molar-refractivity contribution in [3.05, 3.63) is 35.9 Å². The van der Waals surface area contributed by atoms with E-state index in [0.717, 1.165) is 25.2 Å². The first-order valence-corrected chi connectivity index (χ1v) is 7.57. The van der Waals surface area contributed by atoms with Crippen molar-refractivity contribution < 1.29 is 9.28 Å². The average molecular weight is 287 g/mol. The average Bonchev–Trinajstić information content (AvgIpc) is 2.48. The number of benzene rings is 1. The second-order valence-corrected chi connectivity index (χ2v) is 5.86. The summed E-state index contributed by atoms with van der Waals surface area (Å²) in [6, 6.07) is 9.46. The van der Waals surface area contributed by atoms with Crippen molar-refractivity contribution in [2.24, 2.45) is 0 Å². The molecule has 0 N–H and O–H groups in total. The van der Waals surface area contributed by atoms with Gasteiger partial charge in [0.25, 0.3) is 0 Å². The molecule has 1 aromatic rings. The van der Waals surface area contributed by atoms with Crippen molar-refractivity contribution in [3.8, 4) is 11.8 Å². The molecule has 1 rings (SSSR count). The van der Waals surface area contributed by atoms with Gasteiger partial charge in [-0.2, -0.15) is 0 Å². The number of Topliss-reactive ketones (excluding diaryl/α,β-unsaturated/α-hetero) is 1. The molecular weight excluding hydrogens is 260 g/mol. The standard InChI is InChI=1S/C18H27N2O/c1-5-19(6-2)14-10-11-15-20(3,4)16-18(21)17-12-8-7-9-13-17/h7-9,12-13H,5-6,14-16H2,1-4H3/q+1. The second-order valence-electron chi connectivity index (χ2n) is 5.86. The fourth-order valence-corrected chi connectivity index (χ4v) is 2.04. The molecule has 0 aliphatic heterocycles. The third-order valence-corrected chi connectivity index (χ3v) is 3.50. The molecule has 0 amide bonds. The lowest BCUT2D eigenvalue weighted by atomic mass is 10.1. The smallest absolute Gasteiger partial charge is 0.216 e. The Morgan fingerprint density at radius 1 is 1.10 bits per heavy atom. The zero-order valence-electron chi connectivity index (χ0n) is 13.7. The zero-order valence-corrected chi connectivity index (χ0v) is 13.7. The van der Waals surface area contributed by atoms with Gasteiger partial charge in [-0.3, -0.25) is 9.69 Å². The summed E-state index contributed by atoms with van der Waals surface area (Å²) >= 11 is 0. The van der Waals surface area contributed by atoms with Crippen LogP contribution in [-0.2, 0) is 0 Å². The molecule has 0 aliphatic rings. The minimum Gasteiger partial charge on any atom is -0.312 e. The summed E-state index contributed by atoms with van der Waals surface area (Å²) in [5.41, 5.74) is 0.778. The molecule has 0 saturated heterocycles. The van der Waals surface area contributed by atoms with Crippen LogP contribution in [0.3, 0.4) is 0 Å². The van der Waals surface area contributed by atoms with Crippen LogP contribution in [0.2, 0.25) is 0 Å². The van der Waals surface area contributed by atoms with E-state index in [-0.39, 0.29) is 5.78 Å². The van der Waals surface area contributed by atoms with Crippen molar-refractivity contribution in [2.45, 2.75) is 13.8 Å². The molecule has 0 bridgehead atoms. The van der Waals surface area contributed by atoms with Crippen LogP contribution in [0.4, 0.5) is 0 Å². The van der Waals surface area contributed by atoms with Crippen LogP contribution in [0.25, 0.3) is 0 Å². The fourth-order valence-electron chi connectivity index (χ4n) is 2.04. The summed E-state index contributed by atoms with van der Waals surface area (Å²) in [5, 5.41) is 0. The van der Waals surface area contributed by atoms with E-state index in [1.54, 1.807) is 0 Å². The van der Waals surface area contributed by atoms with Crippen LogP contribution in [0.15, 0.2) is 30.3 Å². The largest absolute Gasteiger partial charge is 0.312 e. The molecule has 0 aliphatic carbocycles. The van der Waals surface area contributed by atoms with E-state index in [2.05, 4.69) is 30.6 Å². The molecule has 0 aromatic heterocycles. The third kappa shape index (κ3) is 6.57. The van der Waals surface area contributed by atoms with Gasteiger partial charge in [0.05, 0.1) is 20.6 Å². The number of likely N-dealkylation sites (N-methyl/N-ethyl adjacent to an activating group) is 1. The van der Waals surface area contributed by atoms with E-state index in [1.165, 1.54) is 0 Å². The Morgan fingerprint density at radius 2 is 1.71 bits per heavy atom. The van der Waals surface area contributed by atoms with E-state index < -0.39 is 0 Å². The zero-order chi connectivity index (χ0) is 15.7. The van der Waals surface area contributed by atoms with Crippen molar-refractivity contribution in [1.29, 1.82) is 0 Å². The monoisotopic (exact) mass is 287 g/mol. The molecule has 0 saturated carbocycles. The van der Waals surface area contributed by atoms with Crippen LogP contribution < -0.4 is 0 Å². The van der Waals surface area contributed by atoms with Crippen LogP contribution in [0.5, 0.6) is 0 Å². The number of ketones is 1. The first-order valence-electron chi connectivity index (χ1n) is 7.57. The molecule has 0 fully saturated rings. The predicted octanol–water partition coefficient (Wildman–Crippen LogP) is 2.29. The summed E-state index contributed by atoms with van der Waals surface area (Å²) < 4.78 is 0.596. The van der Waals surface area contributed by atoms with Crippen LogP contribution in [0.1, 0.15) is 24.2 Å². The maximum Gasteiger partial charge on any atom is 0.216 e. The molecule has 0 atom stereocenters. The maximum atomic E-state index is 12.2. The summed E-state index contributed by atoms with van der Waals surface area (Å²) in [6.45, 7) is 8.31. The van der Waals surface area contributed by atoms with Crippen molar-refractivity contribution in [1.82, 2.24) is 4.90 Å². The molecule has 0 unspecified atom stereocenters. The normalized spacial score (nSPS) is 11.1. The van der Waals surface area contributed by atoms with Crippen LogP contribution in [-0.4, -0.2) is 62.0 Å². The minimum atomic E-state index is 0.172. The predicted molar refractivity (Wildman–Crippen MR) is 88.2 cm³/mol. The number of carbonyl (C=O) groups excluding carboxylic acids is 1.